The van der Waals surface area contributed by atoms with Gasteiger partial charge in [0.15, 0.2) is 5.60 Å². The van der Waals surface area contributed by atoms with Gasteiger partial charge in [-0.25, -0.2) is 13.5 Å². The van der Waals surface area contributed by atoms with E-state index in [-0.39, 0.29) is 0 Å². The summed E-state index contributed by atoms with van der Waals surface area (Å²) in [6.07, 6.45) is 1.54. The van der Waals surface area contributed by atoms with Crippen molar-refractivity contribution < 1.29 is 32.5 Å². The van der Waals surface area contributed by atoms with Gasteiger partial charge in [-0.15, -0.1) is 5.10 Å². The molecule has 0 spiro atoms. The summed E-state index contributed by atoms with van der Waals surface area (Å²) in [5, 5.41) is 31.1. The fraction of sp³-hybridized carbons (Fsp3) is 0.188. The average Bonchev–Trinajstić information content (AvgIpc) is 3.52. The molecule has 0 radical (unpaired) electrons. The SMILES string of the molecule is CC(O)c1ccc(COc2ccc(C#Cc3ccc(C(F)(F)C(O)(Cn4cnnn4)c4ccc(F)cc4F)nc3)cc2)cc1. The Bertz CT molecular complexity index is 1770. The number of hydrogen-bond acceptors (Lipinski definition) is 7. The Morgan fingerprint density at radius 3 is 2.25 bits per heavy atom. The first-order chi connectivity index (χ1) is 21.0. The van der Waals surface area contributed by atoms with Crippen LogP contribution in [0.1, 0.15) is 46.5 Å². The number of halogens is 4. The minimum Gasteiger partial charge on any atom is -0.489 e. The van der Waals surface area contributed by atoms with Crippen molar-refractivity contribution in [1.82, 2.24) is 25.2 Å². The zero-order chi connectivity index (χ0) is 31.3. The Labute approximate surface area is 249 Å². The van der Waals surface area contributed by atoms with Gasteiger partial charge in [-0.3, -0.25) is 4.98 Å². The molecule has 3 aromatic carbocycles. The third-order valence-electron chi connectivity index (χ3n) is 6.84. The van der Waals surface area contributed by atoms with Gasteiger partial charge in [0.05, 0.1) is 12.6 Å². The molecule has 2 N–H and O–H groups in total. The fourth-order valence-corrected chi connectivity index (χ4v) is 4.37. The largest absolute Gasteiger partial charge is 0.489 e. The molecular formula is C32H25F4N5O3. The highest BCUT2D eigenvalue weighted by atomic mass is 19.3. The van der Waals surface area contributed by atoms with Crippen LogP contribution in [-0.4, -0.2) is 35.4 Å². The van der Waals surface area contributed by atoms with Gasteiger partial charge < -0.3 is 14.9 Å². The van der Waals surface area contributed by atoms with Crippen LogP contribution >= 0.6 is 0 Å². The zero-order valence-corrected chi connectivity index (χ0v) is 23.2. The summed E-state index contributed by atoms with van der Waals surface area (Å²) in [4.78, 5) is 3.81. The molecular weight excluding hydrogens is 578 g/mol. The fourth-order valence-electron chi connectivity index (χ4n) is 4.37. The number of benzene rings is 3. The molecule has 224 valence electrons. The predicted molar refractivity (Wildman–Crippen MR) is 150 cm³/mol. The van der Waals surface area contributed by atoms with Crippen LogP contribution in [0.15, 0.2) is 91.4 Å². The van der Waals surface area contributed by atoms with Gasteiger partial charge in [0.25, 0.3) is 0 Å². The lowest BCUT2D eigenvalue weighted by atomic mass is 9.84. The van der Waals surface area contributed by atoms with Crippen LogP contribution in [0.5, 0.6) is 5.75 Å². The van der Waals surface area contributed by atoms with Crippen LogP contribution in [0, 0.1) is 23.5 Å². The van der Waals surface area contributed by atoms with Gasteiger partial charge >= 0.3 is 5.92 Å². The number of aliphatic hydroxyl groups excluding tert-OH is 1. The summed E-state index contributed by atoms with van der Waals surface area (Å²) in [6.45, 7) is 1.09. The van der Waals surface area contributed by atoms with Gasteiger partial charge in [0.1, 0.15) is 36.0 Å². The molecule has 0 saturated carbocycles. The van der Waals surface area contributed by atoms with Crippen molar-refractivity contribution in [1.29, 1.82) is 0 Å². The highest BCUT2D eigenvalue weighted by Crippen LogP contribution is 2.46. The van der Waals surface area contributed by atoms with Crippen LogP contribution in [0.4, 0.5) is 17.6 Å². The molecule has 12 heteroatoms. The molecule has 44 heavy (non-hydrogen) atoms. The third-order valence-corrected chi connectivity index (χ3v) is 6.84. The van der Waals surface area contributed by atoms with Crippen molar-refractivity contribution in [2.45, 2.75) is 37.7 Å². The maximum absolute atomic E-state index is 15.9. The van der Waals surface area contributed by atoms with Crippen molar-refractivity contribution in [3.8, 4) is 17.6 Å². The lowest BCUT2D eigenvalue weighted by Gasteiger charge is -2.35. The number of aromatic nitrogens is 5. The molecule has 2 heterocycles. The Morgan fingerprint density at radius 2 is 1.64 bits per heavy atom. The third kappa shape index (κ3) is 6.59. The smallest absolute Gasteiger partial charge is 0.323 e. The Balaban J connectivity index is 1.30. The van der Waals surface area contributed by atoms with E-state index in [4.69, 9.17) is 4.74 Å². The van der Waals surface area contributed by atoms with Crippen LogP contribution in [-0.2, 0) is 24.7 Å². The number of rotatable bonds is 9. The second-order valence-electron chi connectivity index (χ2n) is 9.98. The minimum atomic E-state index is -4.17. The van der Waals surface area contributed by atoms with E-state index >= 15 is 8.78 Å². The van der Waals surface area contributed by atoms with E-state index in [9.17, 15) is 19.0 Å². The van der Waals surface area contributed by atoms with Gasteiger partial charge in [-0.1, -0.05) is 36.1 Å². The van der Waals surface area contributed by atoms with Crippen LogP contribution in [0.3, 0.4) is 0 Å². The second-order valence-corrected chi connectivity index (χ2v) is 9.98. The van der Waals surface area contributed by atoms with Crippen molar-refractivity contribution in [2.75, 3.05) is 0 Å². The van der Waals surface area contributed by atoms with Crippen LogP contribution in [0.25, 0.3) is 0 Å². The lowest BCUT2D eigenvalue weighted by molar-refractivity contribution is -0.207. The topological polar surface area (TPSA) is 106 Å². The summed E-state index contributed by atoms with van der Waals surface area (Å²) in [5.74, 6) is -0.156. The monoisotopic (exact) mass is 603 g/mol. The molecule has 0 amide bonds. The number of tetrazole rings is 1. The highest BCUT2D eigenvalue weighted by Gasteiger charge is 2.58. The molecule has 0 aliphatic rings. The minimum absolute atomic E-state index is 0.308. The molecule has 2 atom stereocenters. The maximum atomic E-state index is 15.9. The van der Waals surface area contributed by atoms with E-state index < -0.39 is 47.1 Å². The van der Waals surface area contributed by atoms with Crippen molar-refractivity contribution in [3.05, 3.63) is 137 Å². The quantitative estimate of drug-likeness (QED) is 0.179. The molecule has 0 bridgehead atoms. The summed E-state index contributed by atoms with van der Waals surface area (Å²) in [5.41, 5.74) is -2.25. The number of hydrogen-bond donors (Lipinski definition) is 2. The molecule has 5 aromatic rings. The number of nitrogens with zero attached hydrogens (tertiary/aromatic N) is 5. The van der Waals surface area contributed by atoms with E-state index in [0.717, 1.165) is 46.5 Å². The maximum Gasteiger partial charge on any atom is 0.323 e. The Hall–Kier alpha value is -5.12. The highest BCUT2D eigenvalue weighted by molar-refractivity contribution is 5.44. The zero-order valence-electron chi connectivity index (χ0n) is 23.2. The first-order valence-electron chi connectivity index (χ1n) is 13.3. The van der Waals surface area contributed by atoms with E-state index in [1.165, 1.54) is 6.07 Å². The summed E-state index contributed by atoms with van der Waals surface area (Å²) < 4.78 is 66.6. The van der Waals surface area contributed by atoms with E-state index in [0.29, 0.717) is 29.5 Å². The molecule has 2 aromatic heterocycles. The summed E-state index contributed by atoms with van der Waals surface area (Å²) >= 11 is 0. The first kappa shape index (κ1) is 30.3. The van der Waals surface area contributed by atoms with E-state index in [1.54, 1.807) is 31.2 Å². The number of alkyl halides is 2. The second kappa shape index (κ2) is 12.6. The normalized spacial score (nSPS) is 13.4. The van der Waals surface area contributed by atoms with Gasteiger partial charge in [-0.2, -0.15) is 8.78 Å². The Kier molecular flexibility index (Phi) is 8.71. The lowest BCUT2D eigenvalue weighted by Crippen LogP contribution is -2.48. The molecule has 8 nitrogen and oxygen atoms in total. The molecule has 0 aliphatic heterocycles. The number of aliphatic hydroxyl groups is 2. The van der Waals surface area contributed by atoms with Gasteiger partial charge in [-0.05, 0) is 77.0 Å². The molecule has 5 rings (SSSR count). The standard InChI is InChI=1S/C32H25F4N5O3/c1-21(42)25-9-4-24(5-10-25)18-44-27-12-6-22(7-13-27)2-3-23-8-15-30(37-17-23)32(35,36)31(43,19-41-20-38-39-40-41)28-14-11-26(33)16-29(28)34/h4-17,20-21,42-43H,18-19H2,1H3. The Morgan fingerprint density at radius 1 is 0.932 bits per heavy atom. The number of pyridine rings is 1. The molecule has 2 unspecified atom stereocenters. The van der Waals surface area contributed by atoms with E-state index in [2.05, 4.69) is 32.4 Å². The van der Waals surface area contributed by atoms with Crippen molar-refractivity contribution in [2.24, 2.45) is 0 Å². The predicted octanol–water partition coefficient (Wildman–Crippen LogP) is 5.06. The summed E-state index contributed by atoms with van der Waals surface area (Å²) in [7, 11) is 0. The van der Waals surface area contributed by atoms with Crippen LogP contribution < -0.4 is 4.74 Å². The van der Waals surface area contributed by atoms with Crippen LogP contribution in [0.2, 0.25) is 0 Å². The number of ether oxygens (including phenoxy) is 1. The molecule has 0 saturated heterocycles. The first-order valence-corrected chi connectivity index (χ1v) is 13.3. The van der Waals surface area contributed by atoms with Crippen molar-refractivity contribution >= 4 is 0 Å². The van der Waals surface area contributed by atoms with Crippen molar-refractivity contribution in [3.63, 3.8) is 0 Å². The average molecular weight is 604 g/mol. The van der Waals surface area contributed by atoms with Gasteiger partial charge in [0.2, 0.25) is 0 Å². The molecule has 0 aliphatic carbocycles. The summed E-state index contributed by atoms with van der Waals surface area (Å²) in [6, 6.07) is 18.6. The van der Waals surface area contributed by atoms with Gasteiger partial charge in [0, 0.05) is 29.0 Å². The molecule has 0 fully saturated rings. The van der Waals surface area contributed by atoms with E-state index in [1.807, 2.05) is 24.3 Å².